The molecule has 6 heteroatoms. The van der Waals surface area contributed by atoms with Crippen LogP contribution >= 0.6 is 11.6 Å². The van der Waals surface area contributed by atoms with Crippen LogP contribution in [0.15, 0.2) is 6.20 Å². The molecule has 1 aromatic rings. The number of alkyl halides is 2. The van der Waals surface area contributed by atoms with Crippen molar-refractivity contribution in [3.05, 3.63) is 11.3 Å². The molecule has 1 rings (SSSR count). The molecule has 0 unspecified atom stereocenters. The quantitative estimate of drug-likeness (QED) is 0.749. The minimum atomic E-state index is -2.47. The first-order chi connectivity index (χ1) is 5.11. The monoisotopic (exact) mass is 181 g/mol. The van der Waals surface area contributed by atoms with Crippen LogP contribution in [0.2, 0.25) is 5.15 Å². The number of halogens is 3. The second kappa shape index (κ2) is 3.04. The molecule has 0 spiro atoms. The normalized spacial score (nSPS) is 10.9. The minimum absolute atomic E-state index is 0.0605. The van der Waals surface area contributed by atoms with E-state index in [-0.39, 0.29) is 10.8 Å². The van der Waals surface area contributed by atoms with Gasteiger partial charge in [-0.3, -0.25) is 0 Å². The van der Waals surface area contributed by atoms with Crippen LogP contribution in [0.3, 0.4) is 0 Å². The number of hydrogen-bond acceptors (Lipinski definition) is 2. The molecule has 0 bridgehead atoms. The van der Waals surface area contributed by atoms with Crippen LogP contribution in [0.5, 0.6) is 0 Å². The molecule has 0 fully saturated rings. The number of hydrogen-bond donors (Lipinski definition) is 1. The summed E-state index contributed by atoms with van der Waals surface area (Å²) < 4.78 is 24.5. The maximum absolute atomic E-state index is 11.7. The van der Waals surface area contributed by atoms with Crippen LogP contribution in [-0.4, -0.2) is 16.2 Å². The number of anilines is 1. The highest BCUT2D eigenvalue weighted by atomic mass is 35.5. The van der Waals surface area contributed by atoms with E-state index in [4.69, 9.17) is 17.3 Å². The van der Waals surface area contributed by atoms with E-state index < -0.39 is 13.0 Å². The average Bonchev–Trinajstić information content (AvgIpc) is 2.18. The lowest BCUT2D eigenvalue weighted by Crippen LogP contribution is -2.07. The number of aromatic nitrogens is 2. The molecule has 2 N–H and O–H groups in total. The summed E-state index contributed by atoms with van der Waals surface area (Å²) in [6, 6.07) is 0. The van der Waals surface area contributed by atoms with Crippen molar-refractivity contribution in [2.24, 2.45) is 0 Å². The van der Waals surface area contributed by atoms with Gasteiger partial charge in [0.1, 0.15) is 11.7 Å². The highest BCUT2D eigenvalue weighted by Gasteiger charge is 2.09. The van der Waals surface area contributed by atoms with Crippen molar-refractivity contribution in [2.75, 3.05) is 5.73 Å². The zero-order chi connectivity index (χ0) is 8.43. The van der Waals surface area contributed by atoms with Crippen molar-refractivity contribution in [3.63, 3.8) is 0 Å². The zero-order valence-electron chi connectivity index (χ0n) is 5.47. The summed E-state index contributed by atoms with van der Waals surface area (Å²) in [6.45, 7) is -0.518. The lowest BCUT2D eigenvalue weighted by molar-refractivity contribution is 0.122. The summed E-state index contributed by atoms with van der Waals surface area (Å²) in [5.74, 6) is 0. The molecule has 0 aliphatic rings. The smallest absolute Gasteiger partial charge is 0.257 e. The van der Waals surface area contributed by atoms with Crippen LogP contribution in [0.1, 0.15) is 0 Å². The molecule has 0 aliphatic carbocycles. The molecule has 1 heterocycles. The lowest BCUT2D eigenvalue weighted by Gasteiger charge is -2.00. The fraction of sp³-hybridized carbons (Fsp3) is 0.400. The zero-order valence-corrected chi connectivity index (χ0v) is 6.22. The maximum Gasteiger partial charge on any atom is 0.257 e. The highest BCUT2D eigenvalue weighted by molar-refractivity contribution is 6.31. The van der Waals surface area contributed by atoms with Gasteiger partial charge < -0.3 is 5.73 Å². The van der Waals surface area contributed by atoms with Gasteiger partial charge in [0.15, 0.2) is 0 Å². The Kier molecular flexibility index (Phi) is 2.28. The Hall–Kier alpha value is -0.840. The highest BCUT2D eigenvalue weighted by Crippen LogP contribution is 2.17. The number of nitrogens with two attached hydrogens (primary N) is 1. The Labute approximate surface area is 66.7 Å². The van der Waals surface area contributed by atoms with Crippen molar-refractivity contribution >= 4 is 17.3 Å². The van der Waals surface area contributed by atoms with Gasteiger partial charge in [-0.1, -0.05) is 11.6 Å². The number of rotatable bonds is 2. The van der Waals surface area contributed by atoms with Crippen LogP contribution < -0.4 is 5.73 Å². The lowest BCUT2D eigenvalue weighted by atomic mass is 10.6. The van der Waals surface area contributed by atoms with Gasteiger partial charge in [0.25, 0.3) is 6.43 Å². The molecule has 62 valence electrons. The molecule has 3 nitrogen and oxygen atoms in total. The van der Waals surface area contributed by atoms with Gasteiger partial charge in [0, 0.05) is 0 Å². The Bertz CT molecular complexity index is 248. The van der Waals surface area contributed by atoms with Gasteiger partial charge in [-0.2, -0.15) is 5.10 Å². The van der Waals surface area contributed by atoms with Crippen molar-refractivity contribution in [3.8, 4) is 0 Å². The number of nitrogens with zero attached hydrogens (tertiary/aromatic N) is 2. The van der Waals surface area contributed by atoms with Crippen LogP contribution in [0.4, 0.5) is 14.5 Å². The molecule has 0 aliphatic heterocycles. The van der Waals surface area contributed by atoms with Gasteiger partial charge in [-0.15, -0.1) is 0 Å². The van der Waals surface area contributed by atoms with Crippen molar-refractivity contribution in [1.29, 1.82) is 0 Å². The fourth-order valence-electron chi connectivity index (χ4n) is 0.643. The minimum Gasteiger partial charge on any atom is -0.395 e. The molecule has 0 radical (unpaired) electrons. The first-order valence-electron chi connectivity index (χ1n) is 2.86. The molecule has 0 atom stereocenters. The molecular formula is C5H6ClF2N3. The van der Waals surface area contributed by atoms with Crippen LogP contribution in [0, 0.1) is 0 Å². The first-order valence-corrected chi connectivity index (χ1v) is 3.24. The first kappa shape index (κ1) is 8.26. The van der Waals surface area contributed by atoms with Gasteiger partial charge in [0.2, 0.25) is 0 Å². The van der Waals surface area contributed by atoms with E-state index in [0.717, 1.165) is 4.68 Å². The van der Waals surface area contributed by atoms with Gasteiger partial charge in [-0.05, 0) is 0 Å². The summed E-state index contributed by atoms with van der Waals surface area (Å²) >= 11 is 5.49. The van der Waals surface area contributed by atoms with E-state index in [9.17, 15) is 8.78 Å². The second-order valence-corrected chi connectivity index (χ2v) is 2.32. The Morgan fingerprint density at radius 3 is 2.73 bits per heavy atom. The van der Waals surface area contributed by atoms with E-state index in [1.165, 1.54) is 6.20 Å². The van der Waals surface area contributed by atoms with Crippen LogP contribution in [0.25, 0.3) is 0 Å². The maximum atomic E-state index is 11.7. The largest absolute Gasteiger partial charge is 0.395 e. The van der Waals surface area contributed by atoms with E-state index in [2.05, 4.69) is 5.10 Å². The van der Waals surface area contributed by atoms with Crippen LogP contribution in [-0.2, 0) is 6.54 Å². The Morgan fingerprint density at radius 1 is 1.73 bits per heavy atom. The molecule has 0 saturated carbocycles. The van der Waals surface area contributed by atoms with E-state index in [0.29, 0.717) is 0 Å². The van der Waals surface area contributed by atoms with E-state index >= 15 is 0 Å². The third-order valence-corrected chi connectivity index (χ3v) is 1.53. The van der Waals surface area contributed by atoms with E-state index in [1.807, 2.05) is 0 Å². The molecule has 1 aromatic heterocycles. The third kappa shape index (κ3) is 1.80. The molecule has 0 saturated heterocycles. The van der Waals surface area contributed by atoms with Crippen molar-refractivity contribution < 1.29 is 8.78 Å². The average molecular weight is 182 g/mol. The van der Waals surface area contributed by atoms with Gasteiger partial charge in [-0.25, -0.2) is 13.5 Å². The summed E-state index contributed by atoms with van der Waals surface area (Å²) in [6.07, 6.45) is -1.23. The summed E-state index contributed by atoms with van der Waals surface area (Å²) in [7, 11) is 0. The summed E-state index contributed by atoms with van der Waals surface area (Å²) in [5, 5.41) is 3.60. The van der Waals surface area contributed by atoms with Crippen molar-refractivity contribution in [2.45, 2.75) is 13.0 Å². The van der Waals surface area contributed by atoms with Crippen molar-refractivity contribution in [1.82, 2.24) is 9.78 Å². The van der Waals surface area contributed by atoms with E-state index in [1.54, 1.807) is 0 Å². The second-order valence-electron chi connectivity index (χ2n) is 1.96. The summed E-state index contributed by atoms with van der Waals surface area (Å²) in [4.78, 5) is 0. The standard InChI is InChI=1S/C5H6ClF2N3/c6-5-3(9)1-10-11(5)2-4(7)8/h1,4H,2,9H2. The Balaban J connectivity index is 2.79. The predicted molar refractivity (Wildman–Crippen MR) is 37.7 cm³/mol. The third-order valence-electron chi connectivity index (χ3n) is 1.11. The topological polar surface area (TPSA) is 43.8 Å². The summed E-state index contributed by atoms with van der Waals surface area (Å²) in [5.41, 5.74) is 5.47. The van der Waals surface area contributed by atoms with Gasteiger partial charge in [0.05, 0.1) is 11.9 Å². The molecule has 11 heavy (non-hydrogen) atoms. The predicted octanol–water partition coefficient (Wildman–Crippen LogP) is 1.38. The van der Waals surface area contributed by atoms with Gasteiger partial charge >= 0.3 is 0 Å². The number of nitrogen functional groups attached to an aromatic ring is 1. The molecule has 0 aromatic carbocycles. The fourth-order valence-corrected chi connectivity index (χ4v) is 0.804. The molecular weight excluding hydrogens is 176 g/mol. The Morgan fingerprint density at radius 2 is 2.36 bits per heavy atom. The SMILES string of the molecule is Nc1cnn(CC(F)F)c1Cl. The molecule has 0 amide bonds.